The number of benzene rings is 1. The molecule has 1 rings (SSSR count). The predicted octanol–water partition coefficient (Wildman–Crippen LogP) is 2.54. The summed E-state index contributed by atoms with van der Waals surface area (Å²) >= 11 is 0. The van der Waals surface area contributed by atoms with Crippen LogP contribution >= 0.6 is 12.4 Å². The van der Waals surface area contributed by atoms with Gasteiger partial charge in [0.05, 0.1) is 6.42 Å². The molecule has 0 aliphatic carbocycles. The highest BCUT2D eigenvalue weighted by atomic mass is 35.5. The number of amides is 1. The molecule has 1 aromatic rings. The summed E-state index contributed by atoms with van der Waals surface area (Å²) in [6.07, 6.45) is 2.38. The largest absolute Gasteiger partial charge is 0.399 e. The number of rotatable bonds is 5. The Kier molecular flexibility index (Phi) is 7.39. The first-order valence-electron chi connectivity index (χ1n) is 5.79. The van der Waals surface area contributed by atoms with Crippen LogP contribution < -0.4 is 11.1 Å². The lowest BCUT2D eigenvalue weighted by atomic mass is 10.1. The first-order chi connectivity index (χ1) is 7.65. The topological polar surface area (TPSA) is 55.1 Å². The highest BCUT2D eigenvalue weighted by Gasteiger charge is 2.08. The second kappa shape index (κ2) is 7.96. The molecular weight excluding hydrogens is 236 g/mol. The molecule has 1 amide bonds. The van der Waals surface area contributed by atoms with Gasteiger partial charge >= 0.3 is 0 Å². The average Bonchev–Trinajstić information content (AvgIpc) is 2.29. The van der Waals surface area contributed by atoms with Crippen molar-refractivity contribution >= 4 is 24.0 Å². The van der Waals surface area contributed by atoms with Crippen LogP contribution in [0.4, 0.5) is 5.69 Å². The molecule has 0 radical (unpaired) electrons. The molecule has 0 saturated carbocycles. The molecule has 3 N–H and O–H groups in total. The normalized spacial score (nSPS) is 9.82. The Morgan fingerprint density at radius 1 is 1.24 bits per heavy atom. The lowest BCUT2D eigenvalue weighted by Crippen LogP contribution is -2.34. The molecule has 0 bridgehead atoms. The summed E-state index contributed by atoms with van der Waals surface area (Å²) in [7, 11) is 0. The van der Waals surface area contributed by atoms with Crippen LogP contribution in [-0.4, -0.2) is 11.9 Å². The number of nitrogens with one attached hydrogen (secondary N) is 1. The maximum Gasteiger partial charge on any atom is 0.224 e. The summed E-state index contributed by atoms with van der Waals surface area (Å²) < 4.78 is 0. The fourth-order valence-corrected chi connectivity index (χ4v) is 1.59. The van der Waals surface area contributed by atoms with Crippen molar-refractivity contribution in [2.75, 3.05) is 5.73 Å². The van der Waals surface area contributed by atoms with E-state index in [1.165, 1.54) is 0 Å². The van der Waals surface area contributed by atoms with Crippen LogP contribution in [0.25, 0.3) is 0 Å². The Hall–Kier alpha value is -1.22. The van der Waals surface area contributed by atoms with Crippen molar-refractivity contribution in [1.29, 1.82) is 0 Å². The zero-order chi connectivity index (χ0) is 12.0. The Bertz CT molecular complexity index is 334. The molecule has 1 aromatic carbocycles. The molecule has 17 heavy (non-hydrogen) atoms. The van der Waals surface area contributed by atoms with Crippen molar-refractivity contribution < 1.29 is 4.79 Å². The van der Waals surface area contributed by atoms with Gasteiger partial charge in [0.25, 0.3) is 0 Å². The Labute approximate surface area is 109 Å². The van der Waals surface area contributed by atoms with E-state index < -0.39 is 0 Å². The summed E-state index contributed by atoms with van der Waals surface area (Å²) in [5, 5.41) is 3.01. The predicted molar refractivity (Wildman–Crippen MR) is 74.3 cm³/mol. The third kappa shape index (κ3) is 5.59. The molecule has 0 atom stereocenters. The van der Waals surface area contributed by atoms with Gasteiger partial charge in [0, 0.05) is 11.7 Å². The van der Waals surface area contributed by atoms with Crippen molar-refractivity contribution in [2.45, 2.75) is 39.2 Å². The standard InChI is InChI=1S/C13H20N2O.ClH/c1-3-12(4-2)15-13(16)9-10-5-7-11(14)8-6-10;/h5-8,12H,3-4,9,14H2,1-2H3,(H,15,16);1H. The molecule has 0 aliphatic heterocycles. The Balaban J connectivity index is 0.00000256. The van der Waals surface area contributed by atoms with Gasteiger partial charge in [-0.3, -0.25) is 4.79 Å². The highest BCUT2D eigenvalue weighted by molar-refractivity contribution is 5.85. The zero-order valence-corrected chi connectivity index (χ0v) is 11.2. The van der Waals surface area contributed by atoms with E-state index in [0.717, 1.165) is 24.1 Å². The number of halogens is 1. The number of carbonyl (C=O) groups is 1. The van der Waals surface area contributed by atoms with Crippen molar-refractivity contribution in [3.05, 3.63) is 29.8 Å². The van der Waals surface area contributed by atoms with Gasteiger partial charge in [-0.1, -0.05) is 26.0 Å². The van der Waals surface area contributed by atoms with Crippen molar-refractivity contribution in [3.8, 4) is 0 Å². The van der Waals surface area contributed by atoms with Crippen molar-refractivity contribution in [1.82, 2.24) is 5.32 Å². The minimum absolute atomic E-state index is 0. The molecule has 3 nitrogen and oxygen atoms in total. The smallest absolute Gasteiger partial charge is 0.224 e. The minimum Gasteiger partial charge on any atom is -0.399 e. The first kappa shape index (κ1) is 15.8. The maximum atomic E-state index is 11.7. The SMILES string of the molecule is CCC(CC)NC(=O)Cc1ccc(N)cc1.Cl. The van der Waals surface area contributed by atoms with Gasteiger partial charge in [-0.15, -0.1) is 12.4 Å². The molecule has 0 aliphatic rings. The van der Waals surface area contributed by atoms with Gasteiger partial charge < -0.3 is 11.1 Å². The van der Waals surface area contributed by atoms with E-state index in [1.807, 2.05) is 24.3 Å². The number of carbonyl (C=O) groups excluding carboxylic acids is 1. The van der Waals surface area contributed by atoms with Crippen LogP contribution in [-0.2, 0) is 11.2 Å². The van der Waals surface area contributed by atoms with Gasteiger partial charge in [-0.25, -0.2) is 0 Å². The van der Waals surface area contributed by atoms with Crippen LogP contribution in [0.3, 0.4) is 0 Å². The lowest BCUT2D eigenvalue weighted by Gasteiger charge is -2.14. The van der Waals surface area contributed by atoms with E-state index in [2.05, 4.69) is 19.2 Å². The number of hydrogen-bond donors (Lipinski definition) is 2. The van der Waals surface area contributed by atoms with E-state index in [-0.39, 0.29) is 18.3 Å². The van der Waals surface area contributed by atoms with Gasteiger partial charge in [-0.05, 0) is 30.5 Å². The molecule has 0 spiro atoms. The molecular formula is C13H21ClN2O. The summed E-state index contributed by atoms with van der Waals surface area (Å²) in [5.41, 5.74) is 7.30. The molecule has 0 aromatic heterocycles. The zero-order valence-electron chi connectivity index (χ0n) is 10.4. The fraction of sp³-hybridized carbons (Fsp3) is 0.462. The molecule has 0 heterocycles. The molecule has 0 saturated heterocycles. The summed E-state index contributed by atoms with van der Waals surface area (Å²) in [4.78, 5) is 11.7. The van der Waals surface area contributed by atoms with Gasteiger partial charge in [-0.2, -0.15) is 0 Å². The summed E-state index contributed by atoms with van der Waals surface area (Å²) in [5.74, 6) is 0.0819. The monoisotopic (exact) mass is 256 g/mol. The number of hydrogen-bond acceptors (Lipinski definition) is 2. The van der Waals surface area contributed by atoms with Crippen LogP contribution in [0.2, 0.25) is 0 Å². The van der Waals surface area contributed by atoms with Crippen molar-refractivity contribution in [2.24, 2.45) is 0 Å². The van der Waals surface area contributed by atoms with E-state index in [0.29, 0.717) is 12.5 Å². The van der Waals surface area contributed by atoms with Gasteiger partial charge in [0.2, 0.25) is 5.91 Å². The van der Waals surface area contributed by atoms with Crippen LogP contribution in [0, 0.1) is 0 Å². The summed E-state index contributed by atoms with van der Waals surface area (Å²) in [6, 6.07) is 7.71. The second-order valence-electron chi connectivity index (χ2n) is 4.00. The van der Waals surface area contributed by atoms with Crippen LogP contribution in [0.15, 0.2) is 24.3 Å². The Morgan fingerprint density at radius 2 is 1.76 bits per heavy atom. The third-order valence-electron chi connectivity index (χ3n) is 2.70. The Morgan fingerprint density at radius 3 is 2.24 bits per heavy atom. The molecule has 0 unspecified atom stereocenters. The average molecular weight is 257 g/mol. The van der Waals surface area contributed by atoms with E-state index in [1.54, 1.807) is 0 Å². The maximum absolute atomic E-state index is 11.7. The van der Waals surface area contributed by atoms with Crippen LogP contribution in [0.1, 0.15) is 32.3 Å². The lowest BCUT2D eigenvalue weighted by molar-refractivity contribution is -0.121. The van der Waals surface area contributed by atoms with E-state index in [4.69, 9.17) is 5.73 Å². The van der Waals surface area contributed by atoms with Crippen LogP contribution in [0.5, 0.6) is 0 Å². The molecule has 96 valence electrons. The minimum atomic E-state index is 0. The third-order valence-corrected chi connectivity index (χ3v) is 2.70. The molecule has 0 fully saturated rings. The first-order valence-corrected chi connectivity index (χ1v) is 5.79. The number of nitrogens with two attached hydrogens (primary N) is 1. The van der Waals surface area contributed by atoms with E-state index >= 15 is 0 Å². The molecule has 4 heteroatoms. The van der Waals surface area contributed by atoms with Gasteiger partial charge in [0.1, 0.15) is 0 Å². The quantitative estimate of drug-likeness (QED) is 0.796. The number of nitrogen functional groups attached to an aromatic ring is 1. The fourth-order valence-electron chi connectivity index (χ4n) is 1.59. The number of anilines is 1. The summed E-state index contributed by atoms with van der Waals surface area (Å²) in [6.45, 7) is 4.16. The van der Waals surface area contributed by atoms with E-state index in [9.17, 15) is 4.79 Å². The van der Waals surface area contributed by atoms with Gasteiger partial charge in [0.15, 0.2) is 0 Å². The van der Waals surface area contributed by atoms with Crippen molar-refractivity contribution in [3.63, 3.8) is 0 Å². The second-order valence-corrected chi connectivity index (χ2v) is 4.00. The highest BCUT2D eigenvalue weighted by Crippen LogP contribution is 2.06.